The molecule has 148 valence electrons. The molecule has 1 amide bonds. The summed E-state index contributed by atoms with van der Waals surface area (Å²) in [5.41, 5.74) is 1.91. The van der Waals surface area contributed by atoms with E-state index < -0.39 is 0 Å². The molecule has 4 heterocycles. The van der Waals surface area contributed by atoms with Gasteiger partial charge in [0.25, 0.3) is 11.8 Å². The van der Waals surface area contributed by atoms with Crippen LogP contribution in [0, 0.1) is 6.92 Å². The molecule has 0 atom stereocenters. The van der Waals surface area contributed by atoms with Crippen molar-refractivity contribution in [2.75, 3.05) is 5.32 Å². The number of carbonyl (C=O) groups excluding carboxylic acids is 1. The first-order chi connectivity index (χ1) is 14.6. The minimum atomic E-state index is -0.371. The average Bonchev–Trinajstić information content (AvgIpc) is 3.48. The van der Waals surface area contributed by atoms with Gasteiger partial charge in [-0.15, -0.1) is 16.4 Å². The first kappa shape index (κ1) is 18.7. The summed E-state index contributed by atoms with van der Waals surface area (Å²) in [4.78, 5) is 20.0. The van der Waals surface area contributed by atoms with Crippen molar-refractivity contribution in [3.63, 3.8) is 0 Å². The zero-order valence-corrected chi connectivity index (χ0v) is 18.0. The fourth-order valence-corrected chi connectivity index (χ4v) is 4.21. The number of fused-ring (bicyclic) bond motifs is 1. The Labute approximate surface area is 182 Å². The van der Waals surface area contributed by atoms with Crippen LogP contribution in [0.1, 0.15) is 15.2 Å². The number of aromatic nitrogens is 3. The van der Waals surface area contributed by atoms with E-state index in [0.29, 0.717) is 22.2 Å². The molecule has 9 heteroatoms. The molecule has 0 aliphatic carbocycles. The number of carbonyl (C=O) groups is 1. The molecule has 5 rings (SSSR count). The fourth-order valence-electron chi connectivity index (χ4n) is 3.02. The highest BCUT2D eigenvalue weighted by molar-refractivity contribution is 9.10. The van der Waals surface area contributed by atoms with Gasteiger partial charge >= 0.3 is 6.01 Å². The molecule has 1 N–H and O–H groups in total. The smallest absolute Gasteiger partial charge is 0.322 e. The highest BCUT2D eigenvalue weighted by atomic mass is 79.9. The molecule has 7 nitrogen and oxygen atoms in total. The maximum atomic E-state index is 13.1. The van der Waals surface area contributed by atoms with Gasteiger partial charge in [0.2, 0.25) is 0 Å². The second-order valence-corrected chi connectivity index (χ2v) is 8.67. The summed E-state index contributed by atoms with van der Waals surface area (Å²) in [7, 11) is 0. The van der Waals surface area contributed by atoms with Crippen molar-refractivity contribution in [3.8, 4) is 22.2 Å². The molecule has 0 aliphatic rings. The average molecular weight is 481 g/mol. The van der Waals surface area contributed by atoms with Gasteiger partial charge in [0.15, 0.2) is 5.76 Å². The van der Waals surface area contributed by atoms with Crippen molar-refractivity contribution in [2.45, 2.75) is 6.92 Å². The number of hydrogen-bond donors (Lipinski definition) is 1. The normalized spacial score (nSPS) is 11.1. The Morgan fingerprint density at radius 1 is 1.13 bits per heavy atom. The van der Waals surface area contributed by atoms with Crippen LogP contribution in [0.5, 0.6) is 0 Å². The third kappa shape index (κ3) is 3.53. The van der Waals surface area contributed by atoms with Crippen LogP contribution in [-0.4, -0.2) is 21.1 Å². The molecule has 0 saturated heterocycles. The Balaban J connectivity index is 1.55. The summed E-state index contributed by atoms with van der Waals surface area (Å²) in [6, 6.07) is 14.8. The molecule has 30 heavy (non-hydrogen) atoms. The maximum Gasteiger partial charge on any atom is 0.322 e. The van der Waals surface area contributed by atoms with Crippen molar-refractivity contribution in [2.24, 2.45) is 0 Å². The highest BCUT2D eigenvalue weighted by Gasteiger charge is 2.18. The Morgan fingerprint density at radius 3 is 2.80 bits per heavy atom. The van der Waals surface area contributed by atoms with Crippen molar-refractivity contribution in [1.29, 1.82) is 0 Å². The van der Waals surface area contributed by atoms with Crippen molar-refractivity contribution in [3.05, 3.63) is 69.7 Å². The van der Waals surface area contributed by atoms with Gasteiger partial charge in [0, 0.05) is 14.7 Å². The Morgan fingerprint density at radius 2 is 2.03 bits per heavy atom. The first-order valence-corrected chi connectivity index (χ1v) is 10.5. The zero-order valence-electron chi connectivity index (χ0n) is 15.5. The first-order valence-electron chi connectivity index (χ1n) is 8.93. The lowest BCUT2D eigenvalue weighted by Crippen LogP contribution is -2.13. The van der Waals surface area contributed by atoms with Crippen molar-refractivity contribution < 1.29 is 13.6 Å². The van der Waals surface area contributed by atoms with Crippen molar-refractivity contribution in [1.82, 2.24) is 15.2 Å². The Hall–Kier alpha value is -3.30. The second kappa shape index (κ2) is 7.51. The number of benzene rings is 1. The molecule has 0 unspecified atom stereocenters. The van der Waals surface area contributed by atoms with E-state index >= 15 is 0 Å². The molecule has 0 bridgehead atoms. The van der Waals surface area contributed by atoms with E-state index in [0.717, 1.165) is 15.0 Å². The van der Waals surface area contributed by atoms with Gasteiger partial charge in [0.05, 0.1) is 27.9 Å². The number of nitrogens with zero attached hydrogens (tertiary/aromatic N) is 3. The lowest BCUT2D eigenvalue weighted by molar-refractivity contribution is 0.102. The fraction of sp³-hybridized carbons (Fsp3) is 0.0476. The van der Waals surface area contributed by atoms with Gasteiger partial charge in [-0.05, 0) is 55.5 Å². The van der Waals surface area contributed by atoms with Crippen LogP contribution in [0.15, 0.2) is 68.1 Å². The second-order valence-electron chi connectivity index (χ2n) is 6.47. The van der Waals surface area contributed by atoms with Crippen LogP contribution < -0.4 is 5.32 Å². The third-order valence-corrected chi connectivity index (χ3v) is 5.90. The lowest BCUT2D eigenvalue weighted by Gasteiger charge is -2.09. The number of aryl methyl sites for hydroxylation is 1. The highest BCUT2D eigenvalue weighted by Crippen LogP contribution is 2.31. The van der Waals surface area contributed by atoms with E-state index in [2.05, 4.69) is 31.4 Å². The summed E-state index contributed by atoms with van der Waals surface area (Å²) < 4.78 is 11.6. The predicted octanol–water partition coefficient (Wildman–Crippen LogP) is 5.93. The minimum absolute atomic E-state index is 0.0140. The van der Waals surface area contributed by atoms with E-state index in [-0.39, 0.29) is 17.8 Å². The number of pyridine rings is 1. The predicted molar refractivity (Wildman–Crippen MR) is 117 cm³/mol. The lowest BCUT2D eigenvalue weighted by atomic mass is 10.1. The van der Waals surface area contributed by atoms with Gasteiger partial charge in [-0.1, -0.05) is 21.0 Å². The van der Waals surface area contributed by atoms with Crippen LogP contribution in [-0.2, 0) is 0 Å². The van der Waals surface area contributed by atoms with E-state index in [9.17, 15) is 4.79 Å². The Bertz CT molecular complexity index is 1370. The molecule has 0 radical (unpaired) electrons. The molecule has 0 saturated carbocycles. The molecule has 0 fully saturated rings. The SMILES string of the molecule is Cc1ccc(-c2cc(C(=O)Nc3nnc(-c4ccco4)o3)c3cc(Br)ccc3n2)s1. The molecular weight excluding hydrogens is 468 g/mol. The van der Waals surface area contributed by atoms with Gasteiger partial charge in [-0.2, -0.15) is 0 Å². The standard InChI is InChI=1S/C21H13BrN4O3S/c1-11-4-7-18(30-11)16-10-14(13-9-12(22)5-6-15(13)23-16)19(27)24-21-26-25-20(29-21)17-3-2-8-28-17/h2-10H,1H3,(H,24,26,27). The van der Waals surface area contributed by atoms with E-state index in [4.69, 9.17) is 13.8 Å². The minimum Gasteiger partial charge on any atom is -0.459 e. The molecular formula is C21H13BrN4O3S. The van der Waals surface area contributed by atoms with Gasteiger partial charge in [-0.3, -0.25) is 10.1 Å². The molecule has 0 aliphatic heterocycles. The maximum absolute atomic E-state index is 13.1. The molecule has 4 aromatic heterocycles. The van der Waals surface area contributed by atoms with Crippen LogP contribution in [0.25, 0.3) is 33.1 Å². The molecule has 5 aromatic rings. The van der Waals surface area contributed by atoms with E-state index in [1.165, 1.54) is 11.1 Å². The van der Waals surface area contributed by atoms with Crippen LogP contribution >= 0.6 is 27.3 Å². The van der Waals surface area contributed by atoms with Gasteiger partial charge < -0.3 is 8.83 Å². The number of anilines is 1. The van der Waals surface area contributed by atoms with Crippen LogP contribution in [0.2, 0.25) is 0 Å². The number of nitrogens with one attached hydrogen (secondary N) is 1. The van der Waals surface area contributed by atoms with Crippen LogP contribution in [0.4, 0.5) is 6.01 Å². The number of amides is 1. The Kier molecular flexibility index (Phi) is 4.68. The van der Waals surface area contributed by atoms with Gasteiger partial charge in [0.1, 0.15) is 0 Å². The van der Waals surface area contributed by atoms with Gasteiger partial charge in [-0.25, -0.2) is 4.98 Å². The van der Waals surface area contributed by atoms with Crippen LogP contribution in [0.3, 0.4) is 0 Å². The number of halogens is 1. The number of hydrogen-bond acceptors (Lipinski definition) is 7. The van der Waals surface area contributed by atoms with E-state index in [1.54, 1.807) is 29.5 Å². The quantitative estimate of drug-likeness (QED) is 0.342. The molecule has 0 spiro atoms. The largest absolute Gasteiger partial charge is 0.459 e. The topological polar surface area (TPSA) is 94.1 Å². The summed E-state index contributed by atoms with van der Waals surface area (Å²) >= 11 is 5.09. The zero-order chi connectivity index (χ0) is 20.7. The molecule has 1 aromatic carbocycles. The number of rotatable bonds is 4. The van der Waals surface area contributed by atoms with E-state index in [1.807, 2.05) is 37.3 Å². The monoisotopic (exact) mass is 480 g/mol. The summed E-state index contributed by atoms with van der Waals surface area (Å²) in [6.45, 7) is 2.03. The summed E-state index contributed by atoms with van der Waals surface area (Å²) in [5.74, 6) is 0.244. The third-order valence-electron chi connectivity index (χ3n) is 4.39. The number of furan rings is 1. The summed E-state index contributed by atoms with van der Waals surface area (Å²) in [5, 5.41) is 11.2. The van der Waals surface area contributed by atoms with Crippen molar-refractivity contribution >= 4 is 50.1 Å². The summed E-state index contributed by atoms with van der Waals surface area (Å²) in [6.07, 6.45) is 1.51. The number of thiophene rings is 1.